The van der Waals surface area contributed by atoms with Gasteiger partial charge >= 0.3 is 0 Å². The second kappa shape index (κ2) is 8.37. The zero-order chi connectivity index (χ0) is 20.3. The largest absolute Gasteiger partial charge is 0.375 e. The van der Waals surface area contributed by atoms with Crippen LogP contribution in [0.3, 0.4) is 0 Å². The average Bonchev–Trinajstić information content (AvgIpc) is 2.67. The maximum atomic E-state index is 12.5. The number of ether oxygens (including phenoxy) is 1. The van der Waals surface area contributed by atoms with Crippen molar-refractivity contribution in [2.45, 2.75) is 12.8 Å². The minimum Gasteiger partial charge on any atom is -0.375 e. The van der Waals surface area contributed by atoms with E-state index < -0.39 is 10.8 Å². The fourth-order valence-corrected chi connectivity index (χ4v) is 3.37. The number of anilines is 2. The predicted octanol–water partition coefficient (Wildman–Crippen LogP) is 3.43. The third-order valence-corrected chi connectivity index (χ3v) is 4.75. The van der Waals surface area contributed by atoms with Gasteiger partial charge in [-0.2, -0.15) is 0 Å². The third kappa shape index (κ3) is 4.13. The molecule has 1 N–H and O–H groups in total. The maximum absolute atomic E-state index is 12.5. The molecule has 0 fully saturated rings. The van der Waals surface area contributed by atoms with Crippen LogP contribution < -0.4 is 10.2 Å². The topological polar surface area (TPSA) is 102 Å². The Balaban J connectivity index is 1.84. The Bertz CT molecular complexity index is 947. The molecule has 2 amide bonds. The van der Waals surface area contributed by atoms with Crippen LogP contribution in [-0.2, 0) is 16.0 Å². The second-order valence-corrected chi connectivity index (χ2v) is 6.71. The van der Waals surface area contributed by atoms with Crippen molar-refractivity contribution >= 4 is 40.5 Å². The molecule has 0 unspecified atom stereocenters. The maximum Gasteiger partial charge on any atom is 0.270 e. The van der Waals surface area contributed by atoms with Gasteiger partial charge in [0.05, 0.1) is 15.5 Å². The van der Waals surface area contributed by atoms with Gasteiger partial charge < -0.3 is 15.0 Å². The summed E-state index contributed by atoms with van der Waals surface area (Å²) in [5, 5.41) is 13.5. The Labute approximate surface area is 166 Å². The molecule has 0 aliphatic carbocycles. The first-order valence-corrected chi connectivity index (χ1v) is 8.96. The van der Waals surface area contributed by atoms with Gasteiger partial charge in [-0.1, -0.05) is 17.7 Å². The number of rotatable bonds is 5. The Kier molecular flexibility index (Phi) is 5.91. The number of hydrogen-bond donors (Lipinski definition) is 1. The minimum atomic E-state index is -0.581. The number of fused-ring (bicyclic) bond motifs is 1. The van der Waals surface area contributed by atoms with Crippen LogP contribution >= 0.6 is 11.6 Å². The molecule has 0 radical (unpaired) electrons. The summed E-state index contributed by atoms with van der Waals surface area (Å²) in [5.41, 5.74) is 2.18. The normalized spacial score (nSPS) is 13.0. The lowest BCUT2D eigenvalue weighted by atomic mass is 10.0. The van der Waals surface area contributed by atoms with Gasteiger partial charge in [0.1, 0.15) is 6.61 Å². The fourth-order valence-electron chi connectivity index (χ4n) is 3.11. The molecule has 0 saturated heterocycles. The highest BCUT2D eigenvalue weighted by Crippen LogP contribution is 2.31. The van der Waals surface area contributed by atoms with Crippen LogP contribution in [0.4, 0.5) is 17.1 Å². The van der Waals surface area contributed by atoms with Crippen molar-refractivity contribution in [2.75, 3.05) is 30.5 Å². The van der Waals surface area contributed by atoms with E-state index in [1.54, 1.807) is 17.0 Å². The Morgan fingerprint density at radius 3 is 2.75 bits per heavy atom. The molecule has 3 rings (SSSR count). The summed E-state index contributed by atoms with van der Waals surface area (Å²) in [5.74, 6) is -0.643. The third-order valence-electron chi connectivity index (χ3n) is 4.44. The lowest BCUT2D eigenvalue weighted by molar-refractivity contribution is -0.384. The Hall–Kier alpha value is -2.97. The lowest BCUT2D eigenvalue weighted by Gasteiger charge is -2.30. The van der Waals surface area contributed by atoms with Gasteiger partial charge in [0.2, 0.25) is 0 Å². The van der Waals surface area contributed by atoms with E-state index in [9.17, 15) is 19.7 Å². The van der Waals surface area contributed by atoms with Crippen LogP contribution in [0.1, 0.15) is 22.3 Å². The zero-order valence-corrected chi connectivity index (χ0v) is 15.9. The number of halogens is 1. The average molecular weight is 404 g/mol. The molecule has 0 bridgehead atoms. The quantitative estimate of drug-likeness (QED) is 0.608. The first-order valence-electron chi connectivity index (χ1n) is 8.58. The molecule has 2 aromatic rings. The number of nitrogens with zero attached hydrogens (tertiary/aromatic N) is 2. The molecule has 2 aromatic carbocycles. The SMILES string of the molecule is COCC(=O)N1CCCc2ccc(NC(=O)c3ccc([N+](=O)[O-])cc3Cl)cc21. The van der Waals surface area contributed by atoms with Crippen molar-refractivity contribution in [1.82, 2.24) is 0 Å². The zero-order valence-electron chi connectivity index (χ0n) is 15.1. The van der Waals surface area contributed by atoms with Crippen LogP contribution in [0.2, 0.25) is 5.02 Å². The number of benzene rings is 2. The second-order valence-electron chi connectivity index (χ2n) is 6.30. The summed E-state index contributed by atoms with van der Waals surface area (Å²) in [7, 11) is 1.47. The molecule has 1 aliphatic heterocycles. The molecule has 0 atom stereocenters. The smallest absolute Gasteiger partial charge is 0.270 e. The molecule has 0 spiro atoms. The van der Waals surface area contributed by atoms with Crippen molar-refractivity contribution in [3.63, 3.8) is 0 Å². The van der Waals surface area contributed by atoms with Gasteiger partial charge in [-0.3, -0.25) is 19.7 Å². The standard InChI is InChI=1S/C19H18ClN3O5/c1-28-11-18(24)22-8-2-3-12-4-5-13(9-17(12)22)21-19(25)15-7-6-14(23(26)27)10-16(15)20/h4-7,9-10H,2-3,8,11H2,1H3,(H,21,25). The van der Waals surface area contributed by atoms with Crippen molar-refractivity contribution in [3.8, 4) is 0 Å². The molecule has 0 aromatic heterocycles. The molecule has 1 aliphatic rings. The number of carbonyl (C=O) groups is 2. The highest BCUT2D eigenvalue weighted by Gasteiger charge is 2.23. The van der Waals surface area contributed by atoms with Crippen molar-refractivity contribution in [2.24, 2.45) is 0 Å². The van der Waals surface area contributed by atoms with Gasteiger partial charge in [-0.25, -0.2) is 0 Å². The van der Waals surface area contributed by atoms with E-state index in [-0.39, 0.29) is 28.8 Å². The van der Waals surface area contributed by atoms with E-state index in [2.05, 4.69) is 5.32 Å². The number of aryl methyl sites for hydroxylation is 1. The number of hydrogen-bond acceptors (Lipinski definition) is 5. The summed E-state index contributed by atoms with van der Waals surface area (Å²) in [6.07, 6.45) is 1.70. The predicted molar refractivity (Wildman–Crippen MR) is 105 cm³/mol. The molecule has 28 heavy (non-hydrogen) atoms. The lowest BCUT2D eigenvalue weighted by Crippen LogP contribution is -2.37. The monoisotopic (exact) mass is 403 g/mol. The number of amides is 2. The number of methoxy groups -OCH3 is 1. The van der Waals surface area contributed by atoms with Crippen LogP contribution in [0.25, 0.3) is 0 Å². The van der Waals surface area contributed by atoms with Gasteiger partial charge in [0.15, 0.2) is 0 Å². The summed E-state index contributed by atoms with van der Waals surface area (Å²) in [4.78, 5) is 36.7. The van der Waals surface area contributed by atoms with E-state index in [1.165, 1.54) is 19.2 Å². The van der Waals surface area contributed by atoms with E-state index in [4.69, 9.17) is 16.3 Å². The summed E-state index contributed by atoms with van der Waals surface area (Å²) >= 11 is 6.02. The van der Waals surface area contributed by atoms with Crippen LogP contribution in [0.15, 0.2) is 36.4 Å². The Morgan fingerprint density at radius 1 is 1.29 bits per heavy atom. The van der Waals surface area contributed by atoms with E-state index in [1.807, 2.05) is 6.07 Å². The van der Waals surface area contributed by atoms with Gasteiger partial charge in [0.25, 0.3) is 17.5 Å². The van der Waals surface area contributed by atoms with E-state index in [0.717, 1.165) is 30.2 Å². The van der Waals surface area contributed by atoms with Crippen LogP contribution in [-0.4, -0.2) is 37.0 Å². The molecule has 0 saturated carbocycles. The van der Waals surface area contributed by atoms with Gasteiger partial charge in [-0.15, -0.1) is 0 Å². The molecule has 146 valence electrons. The first kappa shape index (κ1) is 19.8. The first-order chi connectivity index (χ1) is 13.4. The molecule has 8 nitrogen and oxygen atoms in total. The minimum absolute atomic E-state index is 0.0124. The summed E-state index contributed by atoms with van der Waals surface area (Å²) in [6, 6.07) is 9.02. The number of nitro groups is 1. The van der Waals surface area contributed by atoms with Crippen LogP contribution in [0.5, 0.6) is 0 Å². The highest BCUT2D eigenvalue weighted by molar-refractivity contribution is 6.34. The number of non-ortho nitro benzene ring substituents is 1. The van der Waals surface area contributed by atoms with Crippen molar-refractivity contribution in [1.29, 1.82) is 0 Å². The Morgan fingerprint density at radius 2 is 2.07 bits per heavy atom. The van der Waals surface area contributed by atoms with Gasteiger partial charge in [0, 0.05) is 37.2 Å². The van der Waals surface area contributed by atoms with Crippen molar-refractivity contribution in [3.05, 3.63) is 62.7 Å². The molecular formula is C19H18ClN3O5. The van der Waals surface area contributed by atoms with E-state index >= 15 is 0 Å². The summed E-state index contributed by atoms with van der Waals surface area (Å²) in [6.45, 7) is 0.565. The number of nitrogens with one attached hydrogen (secondary N) is 1. The highest BCUT2D eigenvalue weighted by atomic mass is 35.5. The summed E-state index contributed by atoms with van der Waals surface area (Å²) < 4.78 is 4.94. The molecular weight excluding hydrogens is 386 g/mol. The molecule has 9 heteroatoms. The van der Waals surface area contributed by atoms with Crippen LogP contribution in [0, 0.1) is 10.1 Å². The van der Waals surface area contributed by atoms with Crippen molar-refractivity contribution < 1.29 is 19.2 Å². The van der Waals surface area contributed by atoms with Gasteiger partial charge in [-0.05, 0) is 36.6 Å². The number of carbonyl (C=O) groups excluding carboxylic acids is 2. The molecule has 1 heterocycles. The fraction of sp³-hybridized carbons (Fsp3) is 0.263. The van der Waals surface area contributed by atoms with E-state index in [0.29, 0.717) is 12.2 Å². The number of nitro benzene ring substituents is 1.